The van der Waals surface area contributed by atoms with Crippen LogP contribution >= 0.6 is 0 Å². The molecule has 0 amide bonds. The maximum absolute atomic E-state index is 5.40. The van der Waals surface area contributed by atoms with Gasteiger partial charge in [0.25, 0.3) is 0 Å². The Morgan fingerprint density at radius 3 is 2.42 bits per heavy atom. The molecule has 0 bridgehead atoms. The van der Waals surface area contributed by atoms with Gasteiger partial charge in [-0.2, -0.15) is 0 Å². The van der Waals surface area contributed by atoms with Crippen LogP contribution in [0.15, 0.2) is 0 Å². The summed E-state index contributed by atoms with van der Waals surface area (Å²) in [5.41, 5.74) is 0. The predicted octanol–water partition coefficient (Wildman–Crippen LogP) is 0.846. The van der Waals surface area contributed by atoms with Crippen molar-refractivity contribution in [3.63, 3.8) is 0 Å². The largest absolute Gasteiger partial charge is 0.370 e. The van der Waals surface area contributed by atoms with E-state index in [9.17, 15) is 0 Å². The summed E-state index contributed by atoms with van der Waals surface area (Å²) in [6, 6.07) is 0. The minimum atomic E-state index is 0.305. The average molecular weight is 174 g/mol. The maximum atomic E-state index is 5.40. The second kappa shape index (κ2) is 4.21. The lowest BCUT2D eigenvalue weighted by molar-refractivity contribution is -0.973. The van der Waals surface area contributed by atoms with Gasteiger partial charge >= 0.3 is 0 Å². The third-order valence-electron chi connectivity index (χ3n) is 3.10. The molecular weight excluding hydrogens is 154 g/mol. The highest BCUT2D eigenvalue weighted by Gasteiger charge is 2.34. The summed E-state index contributed by atoms with van der Waals surface area (Å²) < 4.78 is 11.8. The first-order chi connectivity index (χ1) is 5.75. The van der Waals surface area contributed by atoms with E-state index in [0.29, 0.717) is 6.23 Å². The summed E-state index contributed by atoms with van der Waals surface area (Å²) >= 11 is 0. The smallest absolute Gasteiger partial charge is 0.190 e. The summed E-state index contributed by atoms with van der Waals surface area (Å²) in [6.07, 6.45) is 0.305. The Bertz CT molecular complexity index is 132. The molecule has 1 saturated heterocycles. The molecule has 12 heavy (non-hydrogen) atoms. The summed E-state index contributed by atoms with van der Waals surface area (Å²) in [4.78, 5) is 0. The van der Waals surface area contributed by atoms with Crippen LogP contribution in [0.2, 0.25) is 0 Å². The van der Waals surface area contributed by atoms with E-state index in [2.05, 4.69) is 13.8 Å². The van der Waals surface area contributed by atoms with Crippen LogP contribution in [0.5, 0.6) is 0 Å². The Morgan fingerprint density at radius 1 is 1.42 bits per heavy atom. The molecule has 0 N–H and O–H groups in total. The number of ether oxygens (including phenoxy) is 2. The van der Waals surface area contributed by atoms with Gasteiger partial charge in [-0.1, -0.05) is 0 Å². The fraction of sp³-hybridized carbons (Fsp3) is 1.00. The number of hydrogen-bond acceptors (Lipinski definition) is 2. The molecule has 0 aromatic heterocycles. The molecule has 0 radical (unpaired) electrons. The summed E-state index contributed by atoms with van der Waals surface area (Å²) in [7, 11) is 1.79. The molecule has 0 aliphatic carbocycles. The highest BCUT2D eigenvalue weighted by atomic mass is 16.5. The first kappa shape index (κ1) is 9.96. The van der Waals surface area contributed by atoms with E-state index in [1.807, 2.05) is 0 Å². The lowest BCUT2D eigenvalue weighted by Crippen LogP contribution is -2.60. The van der Waals surface area contributed by atoms with Crippen LogP contribution in [0, 0.1) is 0 Å². The van der Waals surface area contributed by atoms with Crippen molar-refractivity contribution < 1.29 is 14.0 Å². The Hall–Kier alpha value is -0.120. The topological polar surface area (TPSA) is 18.5 Å². The van der Waals surface area contributed by atoms with E-state index in [0.717, 1.165) is 37.3 Å². The van der Waals surface area contributed by atoms with Crippen molar-refractivity contribution in [3.8, 4) is 0 Å². The molecule has 3 heteroatoms. The van der Waals surface area contributed by atoms with Crippen molar-refractivity contribution in [1.29, 1.82) is 0 Å². The van der Waals surface area contributed by atoms with Crippen LogP contribution in [-0.2, 0) is 9.47 Å². The van der Waals surface area contributed by atoms with Crippen LogP contribution in [0.3, 0.4) is 0 Å². The van der Waals surface area contributed by atoms with Gasteiger partial charge in [-0.15, -0.1) is 0 Å². The van der Waals surface area contributed by atoms with Crippen LogP contribution in [-0.4, -0.2) is 50.7 Å². The van der Waals surface area contributed by atoms with Gasteiger partial charge < -0.3 is 9.47 Å². The van der Waals surface area contributed by atoms with E-state index in [-0.39, 0.29) is 0 Å². The molecule has 1 rings (SSSR count). The number of methoxy groups -OCH3 is 1. The minimum absolute atomic E-state index is 0.305. The summed E-state index contributed by atoms with van der Waals surface area (Å²) in [6.45, 7) is 9.44. The molecule has 0 aromatic carbocycles. The molecule has 0 saturated carbocycles. The SMILES string of the molecule is CC[N+]1(C(C)OC)CCOCC1. The zero-order chi connectivity index (χ0) is 9.03. The monoisotopic (exact) mass is 174 g/mol. The van der Waals surface area contributed by atoms with Gasteiger partial charge in [-0.3, -0.25) is 4.48 Å². The lowest BCUT2D eigenvalue weighted by atomic mass is 10.3. The molecule has 1 unspecified atom stereocenters. The zero-order valence-electron chi connectivity index (χ0n) is 8.38. The molecule has 0 spiro atoms. The third-order valence-corrected chi connectivity index (χ3v) is 3.10. The number of quaternary nitrogens is 1. The molecule has 1 atom stereocenters. The summed E-state index contributed by atoms with van der Waals surface area (Å²) in [5, 5.41) is 0. The highest BCUT2D eigenvalue weighted by molar-refractivity contribution is 4.50. The summed E-state index contributed by atoms with van der Waals surface area (Å²) in [5.74, 6) is 0. The van der Waals surface area contributed by atoms with Gasteiger partial charge in [0.2, 0.25) is 0 Å². The van der Waals surface area contributed by atoms with Crippen molar-refractivity contribution in [2.45, 2.75) is 20.1 Å². The Balaban J connectivity index is 2.59. The molecule has 72 valence electrons. The lowest BCUT2D eigenvalue weighted by Gasteiger charge is -2.43. The molecular formula is C9H20NO2+. The maximum Gasteiger partial charge on any atom is 0.190 e. The number of morpholine rings is 1. The average Bonchev–Trinajstić information content (AvgIpc) is 2.17. The van der Waals surface area contributed by atoms with Crippen LogP contribution in [0.25, 0.3) is 0 Å². The molecule has 1 aliphatic rings. The number of nitrogens with zero attached hydrogens (tertiary/aromatic N) is 1. The molecule has 0 aromatic rings. The van der Waals surface area contributed by atoms with Crippen molar-refractivity contribution in [2.24, 2.45) is 0 Å². The standard InChI is InChI=1S/C9H20NO2/c1-4-10(9(2)11-3)5-7-12-8-6-10/h9H,4-8H2,1-3H3/q+1. The van der Waals surface area contributed by atoms with E-state index in [4.69, 9.17) is 9.47 Å². The van der Waals surface area contributed by atoms with Gasteiger partial charge in [0.15, 0.2) is 6.23 Å². The Morgan fingerprint density at radius 2 is 2.00 bits per heavy atom. The molecule has 1 fully saturated rings. The number of hydrogen-bond donors (Lipinski definition) is 0. The van der Waals surface area contributed by atoms with Crippen molar-refractivity contribution in [1.82, 2.24) is 0 Å². The number of rotatable bonds is 3. The van der Waals surface area contributed by atoms with Gasteiger partial charge in [-0.25, -0.2) is 0 Å². The second-order valence-corrected chi connectivity index (χ2v) is 3.43. The normalized spacial score (nSPS) is 25.2. The van der Waals surface area contributed by atoms with Crippen LogP contribution < -0.4 is 0 Å². The Labute approximate surface area is 74.8 Å². The van der Waals surface area contributed by atoms with Gasteiger partial charge in [-0.05, 0) is 6.92 Å². The quantitative estimate of drug-likeness (QED) is 0.590. The van der Waals surface area contributed by atoms with Gasteiger partial charge in [0, 0.05) is 14.0 Å². The van der Waals surface area contributed by atoms with Gasteiger partial charge in [0.1, 0.15) is 13.1 Å². The predicted molar refractivity (Wildman–Crippen MR) is 47.8 cm³/mol. The highest BCUT2D eigenvalue weighted by Crippen LogP contribution is 2.16. The number of likely N-dealkylation sites (N-methyl/N-ethyl adjacent to an activating group) is 1. The van der Waals surface area contributed by atoms with E-state index in [1.54, 1.807) is 7.11 Å². The third kappa shape index (κ3) is 1.79. The van der Waals surface area contributed by atoms with Crippen LogP contribution in [0.4, 0.5) is 0 Å². The van der Waals surface area contributed by atoms with Crippen molar-refractivity contribution in [2.75, 3.05) is 40.0 Å². The first-order valence-electron chi connectivity index (χ1n) is 4.71. The Kier molecular flexibility index (Phi) is 3.50. The zero-order valence-corrected chi connectivity index (χ0v) is 8.38. The van der Waals surface area contributed by atoms with Crippen molar-refractivity contribution >= 4 is 0 Å². The van der Waals surface area contributed by atoms with Crippen molar-refractivity contribution in [3.05, 3.63) is 0 Å². The molecule has 3 nitrogen and oxygen atoms in total. The van der Waals surface area contributed by atoms with Crippen LogP contribution in [0.1, 0.15) is 13.8 Å². The first-order valence-corrected chi connectivity index (χ1v) is 4.71. The minimum Gasteiger partial charge on any atom is -0.370 e. The van der Waals surface area contributed by atoms with E-state index < -0.39 is 0 Å². The molecule has 1 aliphatic heterocycles. The second-order valence-electron chi connectivity index (χ2n) is 3.43. The van der Waals surface area contributed by atoms with E-state index >= 15 is 0 Å². The van der Waals surface area contributed by atoms with Gasteiger partial charge in [0.05, 0.1) is 19.8 Å². The van der Waals surface area contributed by atoms with E-state index in [1.165, 1.54) is 0 Å². The fourth-order valence-electron chi connectivity index (χ4n) is 1.87. The fourth-order valence-corrected chi connectivity index (χ4v) is 1.87. The molecule has 1 heterocycles.